The molecule has 2 aliphatic rings. The van der Waals surface area contributed by atoms with Crippen LogP contribution in [0.2, 0.25) is 0 Å². The van der Waals surface area contributed by atoms with Crippen LogP contribution in [0.15, 0.2) is 0 Å². The van der Waals surface area contributed by atoms with Crippen LogP contribution in [0.4, 0.5) is 0 Å². The standard InChI is InChI=1S/C11H21BrN2O3S/c1-10-8-14(9-11(7-12)17-10)18(15,16)13-5-3-2-4-6-13/h10-11H,2-9H2,1H3. The highest BCUT2D eigenvalue weighted by atomic mass is 79.9. The molecule has 2 rings (SSSR count). The third-order valence-electron chi connectivity index (χ3n) is 3.43. The van der Waals surface area contributed by atoms with E-state index in [1.54, 1.807) is 8.61 Å². The molecule has 0 aromatic carbocycles. The lowest BCUT2D eigenvalue weighted by atomic mass is 10.2. The van der Waals surface area contributed by atoms with E-state index in [9.17, 15) is 8.42 Å². The van der Waals surface area contributed by atoms with E-state index in [0.29, 0.717) is 31.5 Å². The molecule has 2 fully saturated rings. The molecule has 0 aromatic heterocycles. The first kappa shape index (κ1) is 14.7. The average molecular weight is 341 g/mol. The van der Waals surface area contributed by atoms with Gasteiger partial charge in [-0.25, -0.2) is 0 Å². The topological polar surface area (TPSA) is 49.9 Å². The van der Waals surface area contributed by atoms with Gasteiger partial charge in [0.05, 0.1) is 12.2 Å². The van der Waals surface area contributed by atoms with E-state index < -0.39 is 10.2 Å². The minimum atomic E-state index is -3.30. The fourth-order valence-corrected chi connectivity index (χ4v) is 4.69. The Morgan fingerprint density at radius 3 is 2.44 bits per heavy atom. The second-order valence-electron chi connectivity index (χ2n) is 5.01. The van der Waals surface area contributed by atoms with Gasteiger partial charge in [-0.2, -0.15) is 17.0 Å². The predicted octanol–water partition coefficient (Wildman–Crippen LogP) is 1.20. The highest BCUT2D eigenvalue weighted by molar-refractivity contribution is 9.09. The molecular weight excluding hydrogens is 320 g/mol. The van der Waals surface area contributed by atoms with Crippen LogP contribution in [-0.2, 0) is 14.9 Å². The zero-order valence-corrected chi connectivity index (χ0v) is 13.1. The molecule has 2 unspecified atom stereocenters. The molecule has 0 aliphatic carbocycles. The van der Waals surface area contributed by atoms with Crippen LogP contribution >= 0.6 is 15.9 Å². The Balaban J connectivity index is 2.08. The maximum absolute atomic E-state index is 12.5. The normalized spacial score (nSPS) is 32.6. The Morgan fingerprint density at radius 1 is 1.17 bits per heavy atom. The summed E-state index contributed by atoms with van der Waals surface area (Å²) in [6, 6.07) is 0. The first-order valence-electron chi connectivity index (χ1n) is 6.50. The first-order chi connectivity index (χ1) is 8.54. The summed E-state index contributed by atoms with van der Waals surface area (Å²) in [7, 11) is -3.30. The van der Waals surface area contributed by atoms with Crippen LogP contribution in [-0.4, -0.2) is 60.7 Å². The van der Waals surface area contributed by atoms with Crippen LogP contribution in [0.25, 0.3) is 0 Å². The third-order valence-corrected chi connectivity index (χ3v) is 6.12. The third kappa shape index (κ3) is 3.25. The Labute approximate surface area is 118 Å². The quantitative estimate of drug-likeness (QED) is 0.725. The first-order valence-corrected chi connectivity index (χ1v) is 9.02. The van der Waals surface area contributed by atoms with Crippen molar-refractivity contribution in [2.24, 2.45) is 0 Å². The summed E-state index contributed by atoms with van der Waals surface area (Å²) in [5.41, 5.74) is 0. The second kappa shape index (κ2) is 6.17. The predicted molar refractivity (Wildman–Crippen MR) is 74.0 cm³/mol. The van der Waals surface area contributed by atoms with E-state index in [-0.39, 0.29) is 12.2 Å². The summed E-state index contributed by atoms with van der Waals surface area (Å²) in [4.78, 5) is 0. The molecule has 0 radical (unpaired) electrons. The number of piperidine rings is 1. The van der Waals surface area contributed by atoms with Crippen molar-refractivity contribution in [3.8, 4) is 0 Å². The van der Waals surface area contributed by atoms with Crippen LogP contribution in [0, 0.1) is 0 Å². The van der Waals surface area contributed by atoms with Gasteiger partial charge < -0.3 is 4.74 Å². The number of hydrogen-bond donors (Lipinski definition) is 0. The number of halogens is 1. The minimum Gasteiger partial charge on any atom is -0.372 e. The molecule has 106 valence electrons. The molecule has 0 N–H and O–H groups in total. The lowest BCUT2D eigenvalue weighted by Crippen LogP contribution is -2.54. The van der Waals surface area contributed by atoms with Crippen LogP contribution in [0.3, 0.4) is 0 Å². The van der Waals surface area contributed by atoms with E-state index in [0.717, 1.165) is 19.3 Å². The lowest BCUT2D eigenvalue weighted by molar-refractivity contribution is -0.0426. The molecule has 0 saturated carbocycles. The lowest BCUT2D eigenvalue weighted by Gasteiger charge is -2.38. The summed E-state index contributed by atoms with van der Waals surface area (Å²) < 4.78 is 33.9. The summed E-state index contributed by atoms with van der Waals surface area (Å²) in [6.45, 7) is 4.16. The maximum Gasteiger partial charge on any atom is 0.282 e. The molecule has 0 aromatic rings. The molecule has 0 spiro atoms. The van der Waals surface area contributed by atoms with Gasteiger partial charge in [0.15, 0.2) is 0 Å². The minimum absolute atomic E-state index is 0.0409. The molecular formula is C11H21BrN2O3S. The van der Waals surface area contributed by atoms with Crippen molar-refractivity contribution in [3.63, 3.8) is 0 Å². The smallest absolute Gasteiger partial charge is 0.282 e. The van der Waals surface area contributed by atoms with Crippen molar-refractivity contribution in [1.82, 2.24) is 8.61 Å². The molecule has 7 heteroatoms. The van der Waals surface area contributed by atoms with Gasteiger partial charge in [-0.1, -0.05) is 22.4 Å². The number of ether oxygens (including phenoxy) is 1. The van der Waals surface area contributed by atoms with Crippen molar-refractivity contribution >= 4 is 26.1 Å². The van der Waals surface area contributed by atoms with Gasteiger partial charge in [0.1, 0.15) is 0 Å². The highest BCUT2D eigenvalue weighted by Gasteiger charge is 2.36. The van der Waals surface area contributed by atoms with Crippen LogP contribution in [0.5, 0.6) is 0 Å². The SMILES string of the molecule is CC1CN(S(=O)(=O)N2CCCCC2)CC(CBr)O1. The largest absolute Gasteiger partial charge is 0.372 e. The number of alkyl halides is 1. The van der Waals surface area contributed by atoms with Gasteiger partial charge >= 0.3 is 0 Å². The summed E-state index contributed by atoms with van der Waals surface area (Å²) in [5.74, 6) is 0. The highest BCUT2D eigenvalue weighted by Crippen LogP contribution is 2.21. The number of nitrogens with zero attached hydrogens (tertiary/aromatic N) is 2. The van der Waals surface area contributed by atoms with Crippen molar-refractivity contribution in [2.45, 2.75) is 38.4 Å². The van der Waals surface area contributed by atoms with E-state index in [1.807, 2.05) is 6.92 Å². The van der Waals surface area contributed by atoms with E-state index >= 15 is 0 Å². The van der Waals surface area contributed by atoms with E-state index in [2.05, 4.69) is 15.9 Å². The Hall–Kier alpha value is 0.310. The molecule has 5 nitrogen and oxygen atoms in total. The Morgan fingerprint density at radius 2 is 1.83 bits per heavy atom. The van der Waals surface area contributed by atoms with Crippen LogP contribution in [0.1, 0.15) is 26.2 Å². The fraction of sp³-hybridized carbons (Fsp3) is 1.00. The van der Waals surface area contributed by atoms with Gasteiger partial charge in [-0.3, -0.25) is 0 Å². The fourth-order valence-electron chi connectivity index (χ4n) is 2.54. The molecule has 2 aliphatic heterocycles. The van der Waals surface area contributed by atoms with Crippen molar-refractivity contribution in [3.05, 3.63) is 0 Å². The molecule has 2 saturated heterocycles. The van der Waals surface area contributed by atoms with Gasteiger partial charge in [-0.05, 0) is 19.8 Å². The van der Waals surface area contributed by atoms with Crippen molar-refractivity contribution in [2.75, 3.05) is 31.5 Å². The zero-order chi connectivity index (χ0) is 13.2. The summed E-state index contributed by atoms with van der Waals surface area (Å²) in [5, 5.41) is 0.670. The van der Waals surface area contributed by atoms with Crippen molar-refractivity contribution in [1.29, 1.82) is 0 Å². The maximum atomic E-state index is 12.5. The molecule has 0 amide bonds. The van der Waals surface area contributed by atoms with Crippen LogP contribution < -0.4 is 0 Å². The monoisotopic (exact) mass is 340 g/mol. The van der Waals surface area contributed by atoms with Gasteiger partial charge in [0.2, 0.25) is 0 Å². The average Bonchev–Trinajstić information content (AvgIpc) is 2.39. The molecule has 18 heavy (non-hydrogen) atoms. The number of rotatable bonds is 3. The number of hydrogen-bond acceptors (Lipinski definition) is 3. The van der Waals surface area contributed by atoms with Crippen molar-refractivity contribution < 1.29 is 13.2 Å². The molecule has 2 heterocycles. The number of morpholine rings is 1. The Kier molecular flexibility index (Phi) is 5.05. The Bertz CT molecular complexity index is 370. The summed E-state index contributed by atoms with van der Waals surface area (Å²) in [6.07, 6.45) is 2.99. The van der Waals surface area contributed by atoms with Gasteiger partial charge in [-0.15, -0.1) is 0 Å². The van der Waals surface area contributed by atoms with E-state index in [1.165, 1.54) is 0 Å². The molecule has 0 bridgehead atoms. The second-order valence-corrected chi connectivity index (χ2v) is 7.58. The van der Waals surface area contributed by atoms with E-state index in [4.69, 9.17) is 4.74 Å². The summed E-state index contributed by atoms with van der Waals surface area (Å²) >= 11 is 3.37. The molecule has 2 atom stereocenters. The zero-order valence-electron chi connectivity index (χ0n) is 10.7. The van der Waals surface area contributed by atoms with Gasteiger partial charge in [0.25, 0.3) is 10.2 Å². The van der Waals surface area contributed by atoms with Gasteiger partial charge in [0, 0.05) is 31.5 Å².